The Hall–Kier alpha value is -2.93. The molecule has 3 aromatic rings. The van der Waals surface area contributed by atoms with E-state index in [1.807, 2.05) is 0 Å². The molecule has 0 aliphatic carbocycles. The predicted molar refractivity (Wildman–Crippen MR) is 89.5 cm³/mol. The van der Waals surface area contributed by atoms with E-state index in [-0.39, 0.29) is 22.4 Å². The van der Waals surface area contributed by atoms with Crippen LogP contribution in [0.4, 0.5) is 0 Å². The number of rotatable bonds is 2. The van der Waals surface area contributed by atoms with Crippen LogP contribution in [0.2, 0.25) is 5.02 Å². The zero-order valence-electron chi connectivity index (χ0n) is 13.0. The van der Waals surface area contributed by atoms with Crippen molar-refractivity contribution in [2.75, 3.05) is 6.54 Å². The number of carbonyl (C=O) groups excluding carboxylic acids is 1. The Balaban J connectivity index is 1.70. The Morgan fingerprint density at radius 1 is 1.32 bits per heavy atom. The molecule has 3 N–H and O–H groups in total. The molecule has 1 aliphatic heterocycles. The van der Waals surface area contributed by atoms with Gasteiger partial charge >= 0.3 is 0 Å². The zero-order chi connectivity index (χ0) is 17.6. The van der Waals surface area contributed by atoms with Gasteiger partial charge in [0, 0.05) is 37.0 Å². The van der Waals surface area contributed by atoms with Crippen molar-refractivity contribution in [2.24, 2.45) is 0 Å². The van der Waals surface area contributed by atoms with E-state index >= 15 is 0 Å². The molecule has 1 aliphatic rings. The number of nitrogens with zero attached hydrogens (tertiary/aromatic N) is 2. The Kier molecular flexibility index (Phi) is 3.65. The minimum absolute atomic E-state index is 0.0907. The van der Waals surface area contributed by atoms with Crippen LogP contribution in [0.25, 0.3) is 11.3 Å². The van der Waals surface area contributed by atoms with E-state index < -0.39 is 0 Å². The van der Waals surface area contributed by atoms with Gasteiger partial charge in [0.15, 0.2) is 5.76 Å². The molecule has 0 saturated heterocycles. The van der Waals surface area contributed by atoms with Crippen molar-refractivity contribution < 1.29 is 19.5 Å². The van der Waals surface area contributed by atoms with Gasteiger partial charge in [-0.3, -0.25) is 4.79 Å². The van der Waals surface area contributed by atoms with Gasteiger partial charge in [0.1, 0.15) is 11.5 Å². The number of halogens is 1. The molecule has 1 amide bonds. The second-order valence-electron chi connectivity index (χ2n) is 5.83. The minimum Gasteiger partial charge on any atom is -0.507 e. The summed E-state index contributed by atoms with van der Waals surface area (Å²) in [7, 11) is 0. The van der Waals surface area contributed by atoms with Crippen molar-refractivity contribution in [3.05, 3.63) is 52.4 Å². The fraction of sp³-hybridized carbons (Fsp3) is 0.176. The molecule has 1 aromatic carbocycles. The Labute approximate surface area is 147 Å². The van der Waals surface area contributed by atoms with Crippen LogP contribution in [0.1, 0.15) is 21.6 Å². The molecule has 2 aromatic heterocycles. The largest absolute Gasteiger partial charge is 0.507 e. The smallest absolute Gasteiger partial charge is 0.255 e. The SMILES string of the molecule is O=C(c1cc[nH]c1)N1CCc2noc(-c3cc(Cl)c(O)cc3O)c2C1. The van der Waals surface area contributed by atoms with Gasteiger partial charge in [-0.2, -0.15) is 0 Å². The van der Waals surface area contributed by atoms with Crippen molar-refractivity contribution in [3.63, 3.8) is 0 Å². The van der Waals surface area contributed by atoms with Crippen LogP contribution in [0.3, 0.4) is 0 Å². The maximum Gasteiger partial charge on any atom is 0.255 e. The average Bonchev–Trinajstić information content (AvgIpc) is 3.26. The topological polar surface area (TPSA) is 103 Å². The first kappa shape index (κ1) is 15.6. The number of H-pyrrole nitrogens is 1. The number of phenols is 2. The molecule has 7 nitrogen and oxygen atoms in total. The molecule has 0 spiro atoms. The summed E-state index contributed by atoms with van der Waals surface area (Å²) in [4.78, 5) is 17.1. The van der Waals surface area contributed by atoms with Crippen LogP contribution in [0, 0.1) is 0 Å². The first-order chi connectivity index (χ1) is 12.0. The number of nitrogens with one attached hydrogen (secondary N) is 1. The zero-order valence-corrected chi connectivity index (χ0v) is 13.7. The highest BCUT2D eigenvalue weighted by atomic mass is 35.5. The number of fused-ring (bicyclic) bond motifs is 1. The molecule has 0 radical (unpaired) electrons. The lowest BCUT2D eigenvalue weighted by atomic mass is 10.0. The van der Waals surface area contributed by atoms with Crippen molar-refractivity contribution in [3.8, 4) is 22.8 Å². The van der Waals surface area contributed by atoms with Crippen LogP contribution in [-0.2, 0) is 13.0 Å². The van der Waals surface area contributed by atoms with Crippen LogP contribution in [0.5, 0.6) is 11.5 Å². The van der Waals surface area contributed by atoms with Crippen LogP contribution in [0.15, 0.2) is 35.1 Å². The van der Waals surface area contributed by atoms with E-state index in [2.05, 4.69) is 10.1 Å². The third kappa shape index (κ3) is 2.62. The molecular formula is C17H14ClN3O4. The predicted octanol–water partition coefficient (Wildman–Crippen LogP) is 2.93. The molecule has 0 saturated carbocycles. The van der Waals surface area contributed by atoms with Crippen molar-refractivity contribution in [1.82, 2.24) is 15.0 Å². The fourth-order valence-electron chi connectivity index (χ4n) is 2.97. The molecule has 3 heterocycles. The van der Waals surface area contributed by atoms with Crippen molar-refractivity contribution in [2.45, 2.75) is 13.0 Å². The Morgan fingerprint density at radius 2 is 2.16 bits per heavy atom. The first-order valence-electron chi connectivity index (χ1n) is 7.66. The third-order valence-electron chi connectivity index (χ3n) is 4.28. The summed E-state index contributed by atoms with van der Waals surface area (Å²) in [5.74, 6) is -0.136. The number of hydrogen-bond donors (Lipinski definition) is 3. The summed E-state index contributed by atoms with van der Waals surface area (Å²) in [6, 6.07) is 4.29. The molecule has 0 atom stereocenters. The summed E-state index contributed by atoms with van der Waals surface area (Å²) < 4.78 is 5.40. The van der Waals surface area contributed by atoms with Crippen LogP contribution in [-0.4, -0.2) is 37.7 Å². The average molecular weight is 360 g/mol. The number of aromatic amines is 1. The van der Waals surface area contributed by atoms with E-state index in [0.717, 1.165) is 17.3 Å². The van der Waals surface area contributed by atoms with E-state index in [4.69, 9.17) is 16.1 Å². The number of benzene rings is 1. The summed E-state index contributed by atoms with van der Waals surface area (Å²) in [6.45, 7) is 0.849. The summed E-state index contributed by atoms with van der Waals surface area (Å²) in [6.07, 6.45) is 3.91. The number of hydrogen-bond acceptors (Lipinski definition) is 5. The fourth-order valence-corrected chi connectivity index (χ4v) is 3.13. The quantitative estimate of drug-likeness (QED) is 0.652. The molecular weight excluding hydrogens is 346 g/mol. The van der Waals surface area contributed by atoms with Crippen LogP contribution >= 0.6 is 11.6 Å². The summed E-state index contributed by atoms with van der Waals surface area (Å²) in [5.41, 5.74) is 2.38. The van der Waals surface area contributed by atoms with E-state index in [9.17, 15) is 15.0 Å². The molecule has 128 valence electrons. The lowest BCUT2D eigenvalue weighted by molar-refractivity contribution is 0.0735. The molecule has 0 fully saturated rings. The maximum absolute atomic E-state index is 12.6. The lowest BCUT2D eigenvalue weighted by Gasteiger charge is -2.26. The van der Waals surface area contributed by atoms with Crippen LogP contribution < -0.4 is 0 Å². The molecule has 25 heavy (non-hydrogen) atoms. The monoisotopic (exact) mass is 359 g/mol. The third-order valence-corrected chi connectivity index (χ3v) is 4.58. The summed E-state index contributed by atoms with van der Waals surface area (Å²) in [5, 5.41) is 23.8. The minimum atomic E-state index is -0.222. The number of phenolic OH excluding ortho intramolecular Hbond substituents is 2. The second-order valence-corrected chi connectivity index (χ2v) is 6.24. The van der Waals surface area contributed by atoms with Gasteiger partial charge in [-0.05, 0) is 12.1 Å². The van der Waals surface area contributed by atoms with Gasteiger partial charge in [0.05, 0.1) is 28.4 Å². The number of amides is 1. The van der Waals surface area contributed by atoms with Gasteiger partial charge in [0.2, 0.25) is 0 Å². The van der Waals surface area contributed by atoms with E-state index in [0.29, 0.717) is 36.4 Å². The van der Waals surface area contributed by atoms with E-state index in [1.54, 1.807) is 23.4 Å². The Morgan fingerprint density at radius 3 is 2.92 bits per heavy atom. The van der Waals surface area contributed by atoms with Gasteiger partial charge in [-0.1, -0.05) is 16.8 Å². The number of carbonyl (C=O) groups is 1. The van der Waals surface area contributed by atoms with Gasteiger partial charge in [-0.25, -0.2) is 0 Å². The van der Waals surface area contributed by atoms with Gasteiger partial charge in [-0.15, -0.1) is 0 Å². The maximum atomic E-state index is 12.6. The van der Waals surface area contributed by atoms with E-state index in [1.165, 1.54) is 6.07 Å². The van der Waals surface area contributed by atoms with Gasteiger partial charge < -0.3 is 24.6 Å². The lowest BCUT2D eigenvalue weighted by Crippen LogP contribution is -2.35. The second kappa shape index (κ2) is 5.86. The highest BCUT2D eigenvalue weighted by Gasteiger charge is 2.29. The molecule has 4 rings (SSSR count). The highest BCUT2D eigenvalue weighted by Crippen LogP contribution is 2.40. The van der Waals surface area contributed by atoms with Crippen molar-refractivity contribution >= 4 is 17.5 Å². The summed E-state index contributed by atoms with van der Waals surface area (Å²) >= 11 is 5.94. The number of aromatic hydroxyl groups is 2. The highest BCUT2D eigenvalue weighted by molar-refractivity contribution is 6.32. The van der Waals surface area contributed by atoms with Gasteiger partial charge in [0.25, 0.3) is 5.91 Å². The molecule has 0 bridgehead atoms. The molecule has 0 unspecified atom stereocenters. The number of aromatic nitrogens is 2. The van der Waals surface area contributed by atoms with Crippen molar-refractivity contribution in [1.29, 1.82) is 0 Å². The molecule has 8 heteroatoms. The normalized spacial score (nSPS) is 13.7. The Bertz CT molecular complexity index is 949. The standard InChI is InChI=1S/C17H14ClN3O4/c18-12-5-10(14(22)6-15(12)23)16-11-8-21(4-2-13(11)20-25-16)17(24)9-1-3-19-7-9/h1,3,5-7,19,22-23H,2,4,8H2. The first-order valence-corrected chi connectivity index (χ1v) is 8.03.